The lowest BCUT2D eigenvalue weighted by molar-refractivity contribution is 1.10. The van der Waals surface area contributed by atoms with E-state index in [4.69, 9.17) is 0 Å². The lowest BCUT2D eigenvalue weighted by Gasteiger charge is -1.83. The predicted molar refractivity (Wildman–Crippen MR) is 37.2 cm³/mol. The molecule has 4 heteroatoms. The minimum atomic E-state index is 0.455. The molecule has 0 spiro atoms. The van der Waals surface area contributed by atoms with Gasteiger partial charge in [0, 0.05) is 11.8 Å². The van der Waals surface area contributed by atoms with Crippen LogP contribution in [0.1, 0.15) is 0 Å². The molecular formula is C6H5N3O. The second kappa shape index (κ2) is 1.70. The third-order valence-corrected chi connectivity index (χ3v) is 1.49. The van der Waals surface area contributed by atoms with Gasteiger partial charge in [0.1, 0.15) is 5.69 Å². The van der Waals surface area contributed by atoms with Crippen molar-refractivity contribution in [3.8, 4) is 11.3 Å². The molecule has 0 fully saturated rings. The van der Waals surface area contributed by atoms with E-state index in [1.54, 1.807) is 12.3 Å². The number of aromatic amines is 2. The van der Waals surface area contributed by atoms with Crippen LogP contribution < -0.4 is 0 Å². The molecule has 0 saturated heterocycles. The lowest BCUT2D eigenvalue weighted by Crippen LogP contribution is -1.66. The van der Waals surface area contributed by atoms with Crippen molar-refractivity contribution in [1.82, 2.24) is 10.2 Å². The molecule has 2 rings (SSSR count). The third kappa shape index (κ3) is 0.500. The number of nitrogens with zero attached hydrogens (tertiary/aromatic N) is 1. The van der Waals surface area contributed by atoms with Crippen molar-refractivity contribution in [3.05, 3.63) is 23.2 Å². The minimum Gasteiger partial charge on any atom is -0.307 e. The molecule has 4 nitrogen and oxygen atoms in total. The predicted octanol–water partition coefficient (Wildman–Crippen LogP) is 1.85. The number of rotatable bonds is 1. The standard InChI is InChI=1S/C6H5N3O/c10-9-5-2-1-4-3-7-8-6(4)5/h1-3,7-8H. The molecule has 1 aliphatic heterocycles. The summed E-state index contributed by atoms with van der Waals surface area (Å²) in [6.45, 7) is 0. The Bertz CT molecular complexity index is 322. The van der Waals surface area contributed by atoms with E-state index in [1.165, 1.54) is 0 Å². The van der Waals surface area contributed by atoms with Crippen LogP contribution in [0.3, 0.4) is 0 Å². The number of aromatic nitrogens is 2. The molecule has 0 amide bonds. The van der Waals surface area contributed by atoms with E-state index in [0.29, 0.717) is 5.69 Å². The Morgan fingerprint density at radius 2 is 2.30 bits per heavy atom. The zero-order chi connectivity index (χ0) is 6.97. The summed E-state index contributed by atoms with van der Waals surface area (Å²) in [5, 5.41) is 8.40. The fourth-order valence-electron chi connectivity index (χ4n) is 1.00. The summed E-state index contributed by atoms with van der Waals surface area (Å²) in [6.07, 6.45) is 1.78. The summed E-state index contributed by atoms with van der Waals surface area (Å²) in [7, 11) is 0. The highest BCUT2D eigenvalue weighted by Crippen LogP contribution is 2.31. The van der Waals surface area contributed by atoms with Crippen LogP contribution in [0.25, 0.3) is 11.3 Å². The van der Waals surface area contributed by atoms with Crippen LogP contribution in [0.5, 0.6) is 0 Å². The summed E-state index contributed by atoms with van der Waals surface area (Å²) < 4.78 is 0. The fourth-order valence-corrected chi connectivity index (χ4v) is 1.00. The molecule has 0 aromatic heterocycles. The lowest BCUT2D eigenvalue weighted by atomic mass is 10.3. The van der Waals surface area contributed by atoms with E-state index in [-0.39, 0.29) is 0 Å². The van der Waals surface area contributed by atoms with E-state index in [2.05, 4.69) is 15.4 Å². The first kappa shape index (κ1) is 5.22. The third-order valence-electron chi connectivity index (χ3n) is 1.49. The number of hydrogen-bond donors (Lipinski definition) is 2. The largest absolute Gasteiger partial charge is 0.307 e. The van der Waals surface area contributed by atoms with Crippen molar-refractivity contribution in [3.63, 3.8) is 0 Å². The molecule has 0 saturated carbocycles. The highest BCUT2D eigenvalue weighted by molar-refractivity contribution is 5.75. The molecule has 1 aliphatic carbocycles. The molecule has 0 radical (unpaired) electrons. The van der Waals surface area contributed by atoms with Gasteiger partial charge >= 0.3 is 0 Å². The number of hydrogen-bond acceptors (Lipinski definition) is 2. The Morgan fingerprint density at radius 1 is 1.40 bits per heavy atom. The summed E-state index contributed by atoms with van der Waals surface area (Å²) in [5.41, 5.74) is 2.21. The maximum atomic E-state index is 10.1. The van der Waals surface area contributed by atoms with E-state index in [9.17, 15) is 4.91 Å². The summed E-state index contributed by atoms with van der Waals surface area (Å²) in [4.78, 5) is 10.1. The molecule has 1 heterocycles. The first-order valence-corrected chi connectivity index (χ1v) is 2.89. The minimum absolute atomic E-state index is 0.455. The van der Waals surface area contributed by atoms with Crippen molar-refractivity contribution in [2.45, 2.75) is 0 Å². The number of fused-ring (bicyclic) bond motifs is 1. The van der Waals surface area contributed by atoms with Crippen molar-refractivity contribution in [1.29, 1.82) is 0 Å². The van der Waals surface area contributed by atoms with Gasteiger partial charge in [-0.1, -0.05) is 0 Å². The van der Waals surface area contributed by atoms with Gasteiger partial charge in [-0.05, 0) is 17.3 Å². The van der Waals surface area contributed by atoms with E-state index in [1.807, 2.05) is 6.07 Å². The molecular weight excluding hydrogens is 130 g/mol. The van der Waals surface area contributed by atoms with Gasteiger partial charge in [-0.2, -0.15) is 0 Å². The van der Waals surface area contributed by atoms with Gasteiger partial charge in [-0.15, -0.1) is 4.91 Å². The average molecular weight is 135 g/mol. The molecule has 50 valence electrons. The SMILES string of the molecule is O=Nc1ccc2c[nH][nH]c1-2. The Kier molecular flexibility index (Phi) is 0.887. The normalized spacial score (nSPS) is 10.4. The van der Waals surface area contributed by atoms with E-state index < -0.39 is 0 Å². The Morgan fingerprint density at radius 3 is 3.10 bits per heavy atom. The van der Waals surface area contributed by atoms with Crippen LogP contribution in [0.2, 0.25) is 0 Å². The monoisotopic (exact) mass is 135 g/mol. The summed E-state index contributed by atoms with van der Waals surface area (Å²) >= 11 is 0. The summed E-state index contributed by atoms with van der Waals surface area (Å²) in [6, 6.07) is 3.51. The van der Waals surface area contributed by atoms with Crippen LogP contribution in [-0.2, 0) is 0 Å². The van der Waals surface area contributed by atoms with Crippen LogP contribution in [0.15, 0.2) is 23.5 Å². The highest BCUT2D eigenvalue weighted by Gasteiger charge is 2.09. The molecule has 0 atom stereocenters. The second-order valence-electron chi connectivity index (χ2n) is 2.05. The van der Waals surface area contributed by atoms with Gasteiger partial charge in [0.2, 0.25) is 0 Å². The van der Waals surface area contributed by atoms with Crippen molar-refractivity contribution in [2.75, 3.05) is 0 Å². The zero-order valence-electron chi connectivity index (χ0n) is 5.09. The molecule has 0 aromatic carbocycles. The number of nitrogens with one attached hydrogen (secondary N) is 2. The first-order chi connectivity index (χ1) is 4.92. The zero-order valence-corrected chi connectivity index (χ0v) is 5.09. The van der Waals surface area contributed by atoms with Crippen LogP contribution in [0, 0.1) is 4.91 Å². The molecule has 0 aromatic rings. The van der Waals surface area contributed by atoms with Gasteiger partial charge in [0.25, 0.3) is 0 Å². The van der Waals surface area contributed by atoms with Gasteiger partial charge in [-0.25, -0.2) is 0 Å². The number of H-pyrrole nitrogens is 2. The molecule has 10 heavy (non-hydrogen) atoms. The van der Waals surface area contributed by atoms with E-state index >= 15 is 0 Å². The van der Waals surface area contributed by atoms with Gasteiger partial charge < -0.3 is 5.10 Å². The molecule has 0 bridgehead atoms. The number of nitroso groups, excluding NO2 is 1. The summed E-state index contributed by atoms with van der Waals surface area (Å²) in [5.74, 6) is 0. The highest BCUT2D eigenvalue weighted by atomic mass is 16.3. The Labute approximate surface area is 56.5 Å². The van der Waals surface area contributed by atoms with Crippen molar-refractivity contribution < 1.29 is 0 Å². The van der Waals surface area contributed by atoms with Crippen molar-refractivity contribution in [2.24, 2.45) is 5.18 Å². The van der Waals surface area contributed by atoms with E-state index in [0.717, 1.165) is 11.3 Å². The maximum Gasteiger partial charge on any atom is 0.133 e. The Hall–Kier alpha value is -1.58. The van der Waals surface area contributed by atoms with Gasteiger partial charge in [0.15, 0.2) is 0 Å². The maximum absolute atomic E-state index is 10.1. The average Bonchev–Trinajstić information content (AvgIpc) is 2.44. The van der Waals surface area contributed by atoms with Crippen LogP contribution >= 0.6 is 0 Å². The topological polar surface area (TPSA) is 61.0 Å². The van der Waals surface area contributed by atoms with Crippen LogP contribution in [0.4, 0.5) is 5.69 Å². The molecule has 2 N–H and O–H groups in total. The van der Waals surface area contributed by atoms with Crippen molar-refractivity contribution >= 4 is 5.69 Å². The first-order valence-electron chi connectivity index (χ1n) is 2.89. The molecule has 2 aliphatic rings. The quantitative estimate of drug-likeness (QED) is 0.576. The molecule has 0 unspecified atom stereocenters. The Balaban J connectivity index is 2.71. The van der Waals surface area contributed by atoms with Crippen LogP contribution in [-0.4, -0.2) is 10.2 Å². The second-order valence-corrected chi connectivity index (χ2v) is 2.05. The van der Waals surface area contributed by atoms with Gasteiger partial charge in [0.05, 0.1) is 5.69 Å². The fraction of sp³-hybridized carbons (Fsp3) is 0. The smallest absolute Gasteiger partial charge is 0.133 e. The van der Waals surface area contributed by atoms with Gasteiger partial charge in [-0.3, -0.25) is 5.10 Å².